The molecule has 6 nitrogen and oxygen atoms in total. The lowest BCUT2D eigenvalue weighted by molar-refractivity contribution is -0.136. The maximum absolute atomic E-state index is 11.8. The minimum absolute atomic E-state index is 0.524. The fraction of sp³-hybridized carbons (Fsp3) is 0.167. The number of nitrogens with zero attached hydrogens (tertiary/aromatic N) is 1. The highest BCUT2D eigenvalue weighted by Gasteiger charge is 2.12. The van der Waals surface area contributed by atoms with Gasteiger partial charge in [-0.1, -0.05) is 24.3 Å². The van der Waals surface area contributed by atoms with Gasteiger partial charge in [0, 0.05) is 11.3 Å². The summed E-state index contributed by atoms with van der Waals surface area (Å²) in [5.74, 6) is -0.972. The number of anilines is 1. The molecule has 0 aliphatic heterocycles. The average Bonchev–Trinajstić information content (AvgIpc) is 2.56. The van der Waals surface area contributed by atoms with Gasteiger partial charge in [0.2, 0.25) is 0 Å². The van der Waals surface area contributed by atoms with Gasteiger partial charge in [0.05, 0.1) is 12.8 Å². The number of aryl methyl sites for hydroxylation is 1. The quantitative estimate of drug-likeness (QED) is 0.503. The molecule has 2 N–H and O–H groups in total. The van der Waals surface area contributed by atoms with Crippen LogP contribution in [0.4, 0.5) is 5.69 Å². The van der Waals surface area contributed by atoms with Crippen molar-refractivity contribution in [3.05, 3.63) is 59.7 Å². The van der Waals surface area contributed by atoms with Crippen molar-refractivity contribution in [3.8, 4) is 5.75 Å². The molecule has 0 atom stereocenters. The van der Waals surface area contributed by atoms with Crippen LogP contribution >= 0.6 is 0 Å². The molecular formula is C18H19N3O3. The molecule has 0 aliphatic rings. The number of hydrogen-bond donors (Lipinski definition) is 2. The van der Waals surface area contributed by atoms with Gasteiger partial charge in [0.15, 0.2) is 0 Å². The van der Waals surface area contributed by atoms with Crippen LogP contribution in [0, 0.1) is 6.92 Å². The van der Waals surface area contributed by atoms with Crippen LogP contribution in [0.3, 0.4) is 0 Å². The van der Waals surface area contributed by atoms with Crippen LogP contribution in [0.2, 0.25) is 0 Å². The lowest BCUT2D eigenvalue weighted by Crippen LogP contribution is -2.32. The number of para-hydroxylation sites is 1. The third-order valence-electron chi connectivity index (χ3n) is 3.07. The number of benzene rings is 2. The summed E-state index contributed by atoms with van der Waals surface area (Å²) in [5, 5.41) is 6.31. The molecule has 0 fully saturated rings. The number of ether oxygens (including phenoxy) is 1. The first kappa shape index (κ1) is 17.2. The van der Waals surface area contributed by atoms with E-state index in [4.69, 9.17) is 4.74 Å². The largest absolute Gasteiger partial charge is 0.493 e. The molecule has 0 aliphatic carbocycles. The molecule has 0 radical (unpaired) electrons. The normalized spacial score (nSPS) is 10.4. The Morgan fingerprint density at radius 1 is 1.12 bits per heavy atom. The summed E-state index contributed by atoms with van der Waals surface area (Å²) in [6.45, 7) is 4.30. The molecule has 124 valence electrons. The van der Waals surface area contributed by atoms with E-state index in [9.17, 15) is 9.59 Å². The fourth-order valence-electron chi connectivity index (χ4n) is 2.00. The monoisotopic (exact) mass is 325 g/mol. The van der Waals surface area contributed by atoms with Gasteiger partial charge in [-0.15, -0.1) is 0 Å². The summed E-state index contributed by atoms with van der Waals surface area (Å²) < 4.78 is 5.45. The maximum Gasteiger partial charge on any atom is 0.329 e. The van der Waals surface area contributed by atoms with Gasteiger partial charge in [-0.3, -0.25) is 9.59 Å². The van der Waals surface area contributed by atoms with E-state index in [1.807, 2.05) is 32.0 Å². The van der Waals surface area contributed by atoms with Crippen LogP contribution in [0.25, 0.3) is 0 Å². The topological polar surface area (TPSA) is 79.8 Å². The SMILES string of the molecule is CCOc1ccccc1/C=N\NC(=O)C(=O)Nc1cccc(C)c1. The molecule has 0 heterocycles. The number of carbonyl (C=O) groups is 2. The molecule has 0 aromatic heterocycles. The predicted molar refractivity (Wildman–Crippen MR) is 93.2 cm³/mol. The Kier molecular flexibility index (Phi) is 6.08. The highest BCUT2D eigenvalue weighted by Crippen LogP contribution is 2.15. The Bertz CT molecular complexity index is 757. The molecule has 2 amide bonds. The van der Waals surface area contributed by atoms with Crippen molar-refractivity contribution in [2.24, 2.45) is 5.10 Å². The first-order chi connectivity index (χ1) is 11.6. The van der Waals surface area contributed by atoms with E-state index in [0.717, 1.165) is 5.56 Å². The highest BCUT2D eigenvalue weighted by atomic mass is 16.5. The van der Waals surface area contributed by atoms with Gasteiger partial charge in [-0.2, -0.15) is 5.10 Å². The zero-order valence-corrected chi connectivity index (χ0v) is 13.6. The first-order valence-corrected chi connectivity index (χ1v) is 7.53. The van der Waals surface area contributed by atoms with Gasteiger partial charge in [0.25, 0.3) is 0 Å². The van der Waals surface area contributed by atoms with E-state index in [-0.39, 0.29) is 0 Å². The van der Waals surface area contributed by atoms with Crippen LogP contribution in [0.5, 0.6) is 5.75 Å². The predicted octanol–water partition coefficient (Wildman–Crippen LogP) is 2.48. The number of nitrogens with one attached hydrogen (secondary N) is 2. The Morgan fingerprint density at radius 3 is 2.67 bits per heavy atom. The minimum atomic E-state index is -0.846. The summed E-state index contributed by atoms with van der Waals surface area (Å²) >= 11 is 0. The Labute approximate surface area is 140 Å². The van der Waals surface area contributed by atoms with Gasteiger partial charge >= 0.3 is 11.8 Å². The van der Waals surface area contributed by atoms with Crippen molar-refractivity contribution in [1.82, 2.24) is 5.43 Å². The molecule has 0 saturated carbocycles. The highest BCUT2D eigenvalue weighted by molar-refractivity contribution is 6.39. The fourth-order valence-corrected chi connectivity index (χ4v) is 2.00. The van der Waals surface area contributed by atoms with Crippen molar-refractivity contribution >= 4 is 23.7 Å². The molecule has 0 saturated heterocycles. The molecule has 0 spiro atoms. The smallest absolute Gasteiger partial charge is 0.329 e. The second kappa shape index (κ2) is 8.47. The molecule has 0 bridgehead atoms. The molecule has 0 unspecified atom stereocenters. The molecule has 2 aromatic rings. The molecule has 2 rings (SSSR count). The Hall–Kier alpha value is -3.15. The van der Waals surface area contributed by atoms with Crippen LogP contribution in [-0.4, -0.2) is 24.6 Å². The molecule has 2 aromatic carbocycles. The average molecular weight is 325 g/mol. The molecule has 6 heteroatoms. The number of hydrazone groups is 1. The Morgan fingerprint density at radius 2 is 1.92 bits per heavy atom. The number of carbonyl (C=O) groups excluding carboxylic acids is 2. The molecule has 24 heavy (non-hydrogen) atoms. The van der Waals surface area contributed by atoms with Crippen molar-refractivity contribution in [1.29, 1.82) is 0 Å². The zero-order valence-electron chi connectivity index (χ0n) is 13.6. The van der Waals surface area contributed by atoms with E-state index in [0.29, 0.717) is 23.6 Å². The Balaban J connectivity index is 1.94. The van der Waals surface area contributed by atoms with E-state index >= 15 is 0 Å². The summed E-state index contributed by atoms with van der Waals surface area (Å²) in [6, 6.07) is 14.4. The number of rotatable bonds is 5. The van der Waals surface area contributed by atoms with E-state index < -0.39 is 11.8 Å². The lowest BCUT2D eigenvalue weighted by Gasteiger charge is -2.06. The zero-order chi connectivity index (χ0) is 17.4. The summed E-state index contributed by atoms with van der Waals surface area (Å²) in [4.78, 5) is 23.6. The summed E-state index contributed by atoms with van der Waals surface area (Å²) in [6.07, 6.45) is 1.43. The third-order valence-corrected chi connectivity index (χ3v) is 3.07. The van der Waals surface area contributed by atoms with Gasteiger partial charge in [0.1, 0.15) is 5.75 Å². The van der Waals surface area contributed by atoms with Crippen molar-refractivity contribution in [2.75, 3.05) is 11.9 Å². The van der Waals surface area contributed by atoms with Crippen molar-refractivity contribution in [3.63, 3.8) is 0 Å². The summed E-state index contributed by atoms with van der Waals surface area (Å²) in [7, 11) is 0. The second-order valence-electron chi connectivity index (χ2n) is 4.99. The van der Waals surface area contributed by atoms with Crippen LogP contribution in [0.1, 0.15) is 18.1 Å². The number of hydrogen-bond acceptors (Lipinski definition) is 4. The third kappa shape index (κ3) is 4.95. The second-order valence-corrected chi connectivity index (χ2v) is 4.99. The van der Waals surface area contributed by atoms with Crippen LogP contribution in [-0.2, 0) is 9.59 Å². The molecular weight excluding hydrogens is 306 g/mol. The van der Waals surface area contributed by atoms with Gasteiger partial charge in [-0.05, 0) is 43.7 Å². The maximum atomic E-state index is 11.8. The minimum Gasteiger partial charge on any atom is -0.493 e. The van der Waals surface area contributed by atoms with Crippen molar-refractivity contribution in [2.45, 2.75) is 13.8 Å². The van der Waals surface area contributed by atoms with Crippen LogP contribution < -0.4 is 15.5 Å². The van der Waals surface area contributed by atoms with Gasteiger partial charge in [-0.25, -0.2) is 5.43 Å². The summed E-state index contributed by atoms with van der Waals surface area (Å²) in [5.41, 5.74) is 4.45. The van der Waals surface area contributed by atoms with E-state index in [2.05, 4.69) is 15.8 Å². The number of amides is 2. The first-order valence-electron chi connectivity index (χ1n) is 7.53. The van der Waals surface area contributed by atoms with E-state index in [1.165, 1.54) is 6.21 Å². The standard InChI is InChI=1S/C18H19N3O3/c1-3-24-16-10-5-4-8-14(16)12-19-21-18(23)17(22)20-15-9-6-7-13(2)11-15/h4-12H,3H2,1-2H3,(H,20,22)(H,21,23)/b19-12-. The van der Waals surface area contributed by atoms with Crippen LogP contribution in [0.15, 0.2) is 53.6 Å². The lowest BCUT2D eigenvalue weighted by atomic mass is 10.2. The van der Waals surface area contributed by atoms with E-state index in [1.54, 1.807) is 30.3 Å². The van der Waals surface area contributed by atoms with Crippen molar-refractivity contribution < 1.29 is 14.3 Å². The van der Waals surface area contributed by atoms with Gasteiger partial charge < -0.3 is 10.1 Å².